The molecule has 0 amide bonds. The second-order valence-electron chi connectivity index (χ2n) is 7.11. The fraction of sp³-hybridized carbons (Fsp3) is 0.524. The van der Waals surface area contributed by atoms with Gasteiger partial charge in [-0.1, -0.05) is 26.0 Å². The molecule has 160 valence electrons. The molecule has 1 aromatic carbocycles. The van der Waals surface area contributed by atoms with Gasteiger partial charge in [0.05, 0.1) is 18.9 Å². The van der Waals surface area contributed by atoms with E-state index in [0.717, 1.165) is 12.0 Å². The third-order valence-corrected chi connectivity index (χ3v) is 5.78. The second kappa shape index (κ2) is 11.8. The van der Waals surface area contributed by atoms with Crippen molar-refractivity contribution in [1.82, 2.24) is 9.55 Å². The van der Waals surface area contributed by atoms with Gasteiger partial charge in [0.2, 0.25) is 0 Å². The number of nitrogens with zero attached hydrogens (tertiary/aromatic N) is 2. The summed E-state index contributed by atoms with van der Waals surface area (Å²) in [5.41, 5.74) is 0.990. The number of hydrogen-bond acceptors (Lipinski definition) is 6. The third kappa shape index (κ3) is 7.06. The van der Waals surface area contributed by atoms with Crippen molar-refractivity contribution in [2.24, 2.45) is 5.92 Å². The summed E-state index contributed by atoms with van der Waals surface area (Å²) in [4.78, 5) is 17.1. The number of methoxy groups -OCH3 is 1. The number of carbonyl (C=O) groups excluding carboxylic acids is 1. The van der Waals surface area contributed by atoms with E-state index in [-0.39, 0.29) is 35.3 Å². The van der Waals surface area contributed by atoms with Crippen molar-refractivity contribution in [3.63, 3.8) is 0 Å². The van der Waals surface area contributed by atoms with E-state index in [0.29, 0.717) is 19.4 Å². The lowest BCUT2D eigenvalue weighted by atomic mass is 9.86. The number of rotatable bonds is 12. The summed E-state index contributed by atoms with van der Waals surface area (Å²) in [6.45, 7) is 4.71. The van der Waals surface area contributed by atoms with Gasteiger partial charge in [0.25, 0.3) is 0 Å². The van der Waals surface area contributed by atoms with Crippen LogP contribution in [-0.4, -0.2) is 44.6 Å². The van der Waals surface area contributed by atoms with E-state index in [9.17, 15) is 13.6 Å². The van der Waals surface area contributed by atoms with Crippen molar-refractivity contribution in [2.75, 3.05) is 20.3 Å². The van der Waals surface area contributed by atoms with Crippen molar-refractivity contribution in [3.8, 4) is 0 Å². The third-order valence-electron chi connectivity index (χ3n) is 5.12. The molecule has 0 saturated carbocycles. The number of hydrogen-bond donors (Lipinski definition) is 0. The Morgan fingerprint density at radius 1 is 1.24 bits per heavy atom. The molecule has 2 rings (SSSR count). The molecular formula is C21H29N2O5S-. The number of aromatic nitrogens is 2. The molecule has 29 heavy (non-hydrogen) atoms. The molecule has 0 aliphatic rings. The average Bonchev–Trinajstić information content (AvgIpc) is 3.25. The van der Waals surface area contributed by atoms with Gasteiger partial charge in [-0.15, -0.1) is 0 Å². The van der Waals surface area contributed by atoms with Crippen LogP contribution in [0.4, 0.5) is 0 Å². The van der Waals surface area contributed by atoms with Crippen LogP contribution in [-0.2, 0) is 25.3 Å². The molecule has 2 aromatic rings. The lowest BCUT2D eigenvalue weighted by Gasteiger charge is -2.25. The summed E-state index contributed by atoms with van der Waals surface area (Å²) >= 11 is -2.24. The molecular weight excluding hydrogens is 392 g/mol. The fourth-order valence-electron chi connectivity index (χ4n) is 3.42. The van der Waals surface area contributed by atoms with Crippen LogP contribution in [0.3, 0.4) is 0 Å². The van der Waals surface area contributed by atoms with E-state index >= 15 is 0 Å². The van der Waals surface area contributed by atoms with Gasteiger partial charge in [-0.25, -0.2) is 4.98 Å². The summed E-state index contributed by atoms with van der Waals surface area (Å²) in [7, 11) is 1.57. The molecule has 0 aliphatic heterocycles. The molecule has 0 N–H and O–H groups in total. The normalized spacial score (nSPS) is 15.4. The lowest BCUT2D eigenvalue weighted by Crippen LogP contribution is -2.25. The molecule has 4 atom stereocenters. The summed E-state index contributed by atoms with van der Waals surface area (Å²) in [6, 6.07) is 6.92. The van der Waals surface area contributed by atoms with Gasteiger partial charge in [0, 0.05) is 30.4 Å². The Bertz CT molecular complexity index is 764. The molecule has 4 unspecified atom stereocenters. The maximum absolute atomic E-state index is 12.8. The van der Waals surface area contributed by atoms with Crippen LogP contribution >= 0.6 is 0 Å². The minimum absolute atomic E-state index is 0.0735. The Morgan fingerprint density at radius 2 is 1.97 bits per heavy atom. The van der Waals surface area contributed by atoms with Gasteiger partial charge < -0.3 is 18.6 Å². The molecule has 7 nitrogen and oxygen atoms in total. The van der Waals surface area contributed by atoms with Crippen molar-refractivity contribution in [1.29, 1.82) is 0 Å². The monoisotopic (exact) mass is 421 g/mol. The predicted molar refractivity (Wildman–Crippen MR) is 109 cm³/mol. The predicted octanol–water partition coefficient (Wildman–Crippen LogP) is 3.46. The fourth-order valence-corrected chi connectivity index (χ4v) is 3.77. The maximum Gasteiger partial charge on any atom is 0.309 e. The molecule has 0 fully saturated rings. The quantitative estimate of drug-likeness (QED) is 0.296. The van der Waals surface area contributed by atoms with Gasteiger partial charge in [0.1, 0.15) is 6.61 Å². The van der Waals surface area contributed by atoms with E-state index in [1.54, 1.807) is 43.9 Å². The zero-order valence-corrected chi connectivity index (χ0v) is 18.0. The van der Waals surface area contributed by atoms with Crippen LogP contribution in [0.25, 0.3) is 0 Å². The highest BCUT2D eigenvalue weighted by atomic mass is 32.2. The van der Waals surface area contributed by atoms with Gasteiger partial charge in [0.15, 0.2) is 0 Å². The van der Waals surface area contributed by atoms with Crippen LogP contribution in [0.2, 0.25) is 0 Å². The number of ether oxygens (including phenoxy) is 2. The SMILES string of the molecule is CCC(CC(CC(C)c1ccc(S(=O)[O-])cc1)C(=O)OCCOC)n1ccnc1. The maximum atomic E-state index is 12.8. The van der Waals surface area contributed by atoms with Crippen molar-refractivity contribution >= 4 is 17.0 Å². The zero-order valence-electron chi connectivity index (χ0n) is 17.2. The van der Waals surface area contributed by atoms with Crippen molar-refractivity contribution in [3.05, 3.63) is 48.5 Å². The summed E-state index contributed by atoms with van der Waals surface area (Å²) < 4.78 is 34.5. The van der Waals surface area contributed by atoms with Gasteiger partial charge in [-0.3, -0.25) is 9.00 Å². The number of esters is 1. The molecule has 0 aliphatic carbocycles. The summed E-state index contributed by atoms with van der Waals surface area (Å²) in [5, 5.41) is 0. The molecule has 1 heterocycles. The van der Waals surface area contributed by atoms with E-state index in [1.165, 1.54) is 0 Å². The average molecular weight is 422 g/mol. The molecule has 0 bridgehead atoms. The first kappa shape index (κ1) is 23.3. The molecule has 0 saturated heterocycles. The van der Waals surface area contributed by atoms with Gasteiger partial charge >= 0.3 is 5.97 Å². The lowest BCUT2D eigenvalue weighted by molar-refractivity contribution is -0.150. The first-order valence-corrected chi connectivity index (χ1v) is 10.9. The van der Waals surface area contributed by atoms with E-state index in [2.05, 4.69) is 11.9 Å². The Morgan fingerprint density at radius 3 is 2.52 bits per heavy atom. The Kier molecular flexibility index (Phi) is 9.50. The standard InChI is InChI=1S/C21H30N2O5S/c1-4-19(23-10-9-22-15-23)14-18(21(24)28-12-11-27-3)13-16(2)17-5-7-20(8-6-17)29(25)26/h5-10,15-16,18-19H,4,11-14H2,1-3H3,(H,25,26)/p-1. The first-order chi connectivity index (χ1) is 14.0. The van der Waals surface area contributed by atoms with Crippen LogP contribution in [0, 0.1) is 5.92 Å². The van der Waals surface area contributed by atoms with Crippen LogP contribution < -0.4 is 0 Å². The second-order valence-corrected chi connectivity index (χ2v) is 8.05. The van der Waals surface area contributed by atoms with E-state index in [1.807, 2.05) is 17.7 Å². The Labute approximate surface area is 174 Å². The molecule has 0 radical (unpaired) electrons. The molecule has 1 aromatic heterocycles. The Balaban J connectivity index is 2.12. The summed E-state index contributed by atoms with van der Waals surface area (Å²) in [5.74, 6) is -0.448. The highest BCUT2D eigenvalue weighted by Gasteiger charge is 2.27. The van der Waals surface area contributed by atoms with E-state index < -0.39 is 11.1 Å². The van der Waals surface area contributed by atoms with E-state index in [4.69, 9.17) is 9.47 Å². The zero-order chi connectivity index (χ0) is 21.2. The summed E-state index contributed by atoms with van der Waals surface area (Å²) in [6.07, 6.45) is 7.54. The minimum atomic E-state index is -2.24. The number of benzene rings is 1. The smallest absolute Gasteiger partial charge is 0.309 e. The first-order valence-electron chi connectivity index (χ1n) is 9.78. The highest BCUT2D eigenvalue weighted by molar-refractivity contribution is 7.79. The largest absolute Gasteiger partial charge is 0.768 e. The molecule has 8 heteroatoms. The van der Waals surface area contributed by atoms with Crippen LogP contribution in [0.1, 0.15) is 50.6 Å². The van der Waals surface area contributed by atoms with Gasteiger partial charge in [-0.2, -0.15) is 0 Å². The topological polar surface area (TPSA) is 93.5 Å². The van der Waals surface area contributed by atoms with Crippen LogP contribution in [0.5, 0.6) is 0 Å². The van der Waals surface area contributed by atoms with Gasteiger partial charge in [-0.05, 0) is 54.0 Å². The molecule has 0 spiro atoms. The van der Waals surface area contributed by atoms with Crippen molar-refractivity contribution in [2.45, 2.75) is 50.0 Å². The minimum Gasteiger partial charge on any atom is -0.768 e. The van der Waals surface area contributed by atoms with Crippen LogP contribution in [0.15, 0.2) is 47.9 Å². The Hall–Kier alpha value is -2.03. The van der Waals surface area contributed by atoms with Crippen molar-refractivity contribution < 1.29 is 23.0 Å². The number of imidazole rings is 1. The highest BCUT2D eigenvalue weighted by Crippen LogP contribution is 2.31. The number of carbonyl (C=O) groups is 1.